The van der Waals surface area contributed by atoms with E-state index in [2.05, 4.69) is 39.3 Å². The molecule has 2 aliphatic rings. The summed E-state index contributed by atoms with van der Waals surface area (Å²) in [6.07, 6.45) is 3.43. The van der Waals surface area contributed by atoms with Crippen molar-refractivity contribution in [3.05, 3.63) is 12.4 Å². The van der Waals surface area contributed by atoms with E-state index in [9.17, 15) is 5.11 Å². The second-order valence-corrected chi connectivity index (χ2v) is 7.71. The highest BCUT2D eigenvalue weighted by molar-refractivity contribution is 5.47. The summed E-state index contributed by atoms with van der Waals surface area (Å²) < 4.78 is 11.3. The lowest BCUT2D eigenvalue weighted by Gasteiger charge is -2.35. The van der Waals surface area contributed by atoms with Gasteiger partial charge < -0.3 is 25.2 Å². The van der Waals surface area contributed by atoms with Crippen LogP contribution in [0.3, 0.4) is 0 Å². The molecule has 1 aromatic rings. The smallest absolute Gasteiger partial charge is 0.131 e. The number of hydrogen-bond acceptors (Lipinski definition) is 8. The number of aliphatic hydroxyl groups excluding tert-OH is 1. The zero-order valence-corrected chi connectivity index (χ0v) is 16.4. The Balaban J connectivity index is 1.49. The molecule has 0 aliphatic carbocycles. The van der Waals surface area contributed by atoms with E-state index in [1.54, 1.807) is 6.33 Å². The maximum absolute atomic E-state index is 10.3. The number of aliphatic hydroxyl groups is 1. The van der Waals surface area contributed by atoms with E-state index in [0.717, 1.165) is 51.6 Å². The van der Waals surface area contributed by atoms with Gasteiger partial charge in [0.05, 0.1) is 31.5 Å². The van der Waals surface area contributed by atoms with Crippen molar-refractivity contribution < 1.29 is 14.6 Å². The average molecular weight is 380 g/mol. The van der Waals surface area contributed by atoms with Crippen LogP contribution in [0.2, 0.25) is 0 Å². The Morgan fingerprint density at radius 2 is 2.00 bits per heavy atom. The van der Waals surface area contributed by atoms with Crippen LogP contribution in [0.4, 0.5) is 11.6 Å². The third-order valence-corrected chi connectivity index (χ3v) is 5.12. The van der Waals surface area contributed by atoms with Gasteiger partial charge in [-0.15, -0.1) is 0 Å². The molecule has 2 saturated heterocycles. The Kier molecular flexibility index (Phi) is 7.63. The molecule has 0 aromatic carbocycles. The molecular formula is C19H33N5O3. The zero-order valence-electron chi connectivity index (χ0n) is 16.4. The number of nitrogens with zero attached hydrogens (tertiary/aromatic N) is 3. The summed E-state index contributed by atoms with van der Waals surface area (Å²) in [4.78, 5) is 10.8. The number of morpholine rings is 1. The fourth-order valence-electron chi connectivity index (χ4n) is 3.71. The molecule has 3 rings (SSSR count). The van der Waals surface area contributed by atoms with E-state index >= 15 is 0 Å². The third kappa shape index (κ3) is 6.27. The average Bonchev–Trinajstić information content (AvgIpc) is 2.68. The van der Waals surface area contributed by atoms with Gasteiger partial charge in [0.1, 0.15) is 18.0 Å². The normalized spacial score (nSPS) is 25.3. The molecule has 0 amide bonds. The summed E-state index contributed by atoms with van der Waals surface area (Å²) in [6, 6.07) is 2.15. The molecule has 3 unspecified atom stereocenters. The summed E-state index contributed by atoms with van der Waals surface area (Å²) in [5, 5.41) is 17.0. The molecule has 3 atom stereocenters. The lowest BCUT2D eigenvalue weighted by Crippen LogP contribution is -2.43. The number of rotatable bonds is 8. The summed E-state index contributed by atoms with van der Waals surface area (Å²) >= 11 is 0. The van der Waals surface area contributed by atoms with Gasteiger partial charge in [-0.25, -0.2) is 9.97 Å². The van der Waals surface area contributed by atoms with E-state index in [0.29, 0.717) is 24.8 Å². The molecule has 2 aliphatic heterocycles. The number of hydrogen-bond donors (Lipinski definition) is 3. The van der Waals surface area contributed by atoms with Crippen molar-refractivity contribution in [1.82, 2.24) is 14.9 Å². The summed E-state index contributed by atoms with van der Waals surface area (Å²) in [5.74, 6) is 1.96. The first-order chi connectivity index (χ1) is 13.1. The molecule has 1 aromatic heterocycles. The number of anilines is 2. The predicted octanol–water partition coefficient (Wildman–Crippen LogP) is 1.20. The van der Waals surface area contributed by atoms with Crippen LogP contribution in [0.15, 0.2) is 12.4 Å². The molecule has 8 heteroatoms. The van der Waals surface area contributed by atoms with Crippen molar-refractivity contribution >= 4 is 11.6 Å². The highest BCUT2D eigenvalue weighted by Gasteiger charge is 2.28. The van der Waals surface area contributed by atoms with Crippen LogP contribution < -0.4 is 10.6 Å². The van der Waals surface area contributed by atoms with E-state index < -0.39 is 6.10 Å². The van der Waals surface area contributed by atoms with Crippen LogP contribution in [0, 0.1) is 5.92 Å². The monoisotopic (exact) mass is 379 g/mol. The lowest BCUT2D eigenvalue weighted by molar-refractivity contribution is -0.0203. The van der Waals surface area contributed by atoms with Gasteiger partial charge in [-0.3, -0.25) is 4.90 Å². The van der Waals surface area contributed by atoms with Gasteiger partial charge in [0, 0.05) is 38.9 Å². The van der Waals surface area contributed by atoms with Gasteiger partial charge in [-0.2, -0.15) is 0 Å². The first kappa shape index (κ1) is 20.3. The van der Waals surface area contributed by atoms with Crippen LogP contribution in [-0.4, -0.2) is 84.2 Å². The van der Waals surface area contributed by atoms with Gasteiger partial charge >= 0.3 is 0 Å². The van der Waals surface area contributed by atoms with E-state index in [4.69, 9.17) is 9.47 Å². The molecule has 152 valence electrons. The van der Waals surface area contributed by atoms with Gasteiger partial charge in [0.25, 0.3) is 0 Å². The van der Waals surface area contributed by atoms with Crippen LogP contribution in [0.25, 0.3) is 0 Å². The maximum Gasteiger partial charge on any atom is 0.131 e. The molecule has 27 heavy (non-hydrogen) atoms. The van der Waals surface area contributed by atoms with E-state index in [-0.39, 0.29) is 12.1 Å². The highest BCUT2D eigenvalue weighted by Crippen LogP contribution is 2.23. The first-order valence-corrected chi connectivity index (χ1v) is 10.0. The van der Waals surface area contributed by atoms with Gasteiger partial charge in [-0.1, -0.05) is 13.8 Å². The van der Waals surface area contributed by atoms with Gasteiger partial charge in [-0.05, 0) is 18.8 Å². The first-order valence-electron chi connectivity index (χ1n) is 10.0. The maximum atomic E-state index is 10.3. The largest absolute Gasteiger partial charge is 0.390 e. The standard InChI is InChI=1S/C19H33N5O3/c1-14(2)19-16(4-3-7-27-19)23-18-10-17(21-13-22-18)20-11-15(25)12-24-5-8-26-9-6-24/h10,13-16,19,25H,3-9,11-12H2,1-2H3,(H2,20,21,22,23). The van der Waals surface area contributed by atoms with E-state index in [1.165, 1.54) is 0 Å². The summed E-state index contributed by atoms with van der Waals surface area (Å²) in [6.45, 7) is 9.53. The second kappa shape index (κ2) is 10.2. The zero-order chi connectivity index (χ0) is 19.1. The molecule has 3 N–H and O–H groups in total. The molecule has 0 saturated carbocycles. The minimum Gasteiger partial charge on any atom is -0.390 e. The number of β-amino-alcohol motifs (C(OH)–C–C–N with tert-alkyl or cyclic N) is 1. The fourth-order valence-corrected chi connectivity index (χ4v) is 3.71. The third-order valence-electron chi connectivity index (χ3n) is 5.12. The van der Waals surface area contributed by atoms with Crippen molar-refractivity contribution in [3.8, 4) is 0 Å². The predicted molar refractivity (Wildman–Crippen MR) is 105 cm³/mol. The van der Waals surface area contributed by atoms with Crippen molar-refractivity contribution in [2.45, 2.75) is 44.9 Å². The minimum absolute atomic E-state index is 0.195. The van der Waals surface area contributed by atoms with Crippen LogP contribution in [0.5, 0.6) is 0 Å². The Bertz CT molecular complexity index is 568. The topological polar surface area (TPSA) is 91.8 Å². The fraction of sp³-hybridized carbons (Fsp3) is 0.789. The summed E-state index contributed by atoms with van der Waals surface area (Å²) in [7, 11) is 0. The van der Waals surface area contributed by atoms with Crippen LogP contribution >= 0.6 is 0 Å². The lowest BCUT2D eigenvalue weighted by atomic mass is 9.94. The van der Waals surface area contributed by atoms with Gasteiger partial charge in [0.15, 0.2) is 0 Å². The Hall–Kier alpha value is -1.48. The van der Waals surface area contributed by atoms with Crippen LogP contribution in [-0.2, 0) is 9.47 Å². The molecule has 0 radical (unpaired) electrons. The van der Waals surface area contributed by atoms with E-state index in [1.807, 2.05) is 6.07 Å². The second-order valence-electron chi connectivity index (χ2n) is 7.71. The SMILES string of the molecule is CC(C)C1OCCCC1Nc1cc(NCC(O)CN2CCOCC2)ncn1. The molecular weight excluding hydrogens is 346 g/mol. The quantitative estimate of drug-likeness (QED) is 0.621. The molecule has 0 spiro atoms. The molecule has 8 nitrogen and oxygen atoms in total. The number of ether oxygens (including phenoxy) is 2. The van der Waals surface area contributed by atoms with Gasteiger partial charge in [0.2, 0.25) is 0 Å². The highest BCUT2D eigenvalue weighted by atomic mass is 16.5. The summed E-state index contributed by atoms with van der Waals surface area (Å²) in [5.41, 5.74) is 0. The Labute approximate surface area is 161 Å². The van der Waals surface area contributed by atoms with Crippen molar-refractivity contribution in [3.63, 3.8) is 0 Å². The number of nitrogens with one attached hydrogen (secondary N) is 2. The minimum atomic E-state index is -0.452. The van der Waals surface area contributed by atoms with Crippen molar-refractivity contribution in [2.75, 3.05) is 56.6 Å². The Morgan fingerprint density at radius 3 is 2.78 bits per heavy atom. The molecule has 0 bridgehead atoms. The number of aromatic nitrogens is 2. The molecule has 3 heterocycles. The molecule has 2 fully saturated rings. The van der Waals surface area contributed by atoms with Crippen molar-refractivity contribution in [2.24, 2.45) is 5.92 Å². The Morgan fingerprint density at radius 1 is 1.22 bits per heavy atom. The van der Waals surface area contributed by atoms with Crippen molar-refractivity contribution in [1.29, 1.82) is 0 Å². The van der Waals surface area contributed by atoms with Crippen LogP contribution in [0.1, 0.15) is 26.7 Å².